The van der Waals surface area contributed by atoms with Gasteiger partial charge in [-0.1, -0.05) is 182 Å². The highest BCUT2D eigenvalue weighted by Gasteiger charge is 2.20. The van der Waals surface area contributed by atoms with Crippen molar-refractivity contribution in [1.29, 1.82) is 0 Å². The van der Waals surface area contributed by atoms with Gasteiger partial charge in [0.15, 0.2) is 5.82 Å². The third kappa shape index (κ3) is 5.96. The molecule has 12 aromatic rings. The average Bonchev–Trinajstić information content (AvgIpc) is 3.68. The van der Waals surface area contributed by atoms with Crippen molar-refractivity contribution in [2.75, 3.05) is 0 Å². The van der Waals surface area contributed by atoms with E-state index >= 15 is 0 Å². The molecule has 4 nitrogen and oxygen atoms in total. The molecule has 0 aliphatic carbocycles. The lowest BCUT2D eigenvalue weighted by Gasteiger charge is -2.13. The molecule has 0 atom stereocenters. The molecule has 0 saturated heterocycles. The summed E-state index contributed by atoms with van der Waals surface area (Å²) in [5, 5.41) is 8.23. The van der Waals surface area contributed by atoms with Gasteiger partial charge in [0.25, 0.3) is 0 Å². The first-order chi connectivity index (χ1) is 30.2. The van der Waals surface area contributed by atoms with Crippen molar-refractivity contribution < 1.29 is 0 Å². The number of benzene rings is 9. The van der Waals surface area contributed by atoms with Crippen LogP contribution >= 0.6 is 0 Å². The van der Waals surface area contributed by atoms with Crippen LogP contribution in [0.1, 0.15) is 0 Å². The summed E-state index contributed by atoms with van der Waals surface area (Å²) < 4.78 is 2.39. The molecule has 61 heavy (non-hydrogen) atoms. The minimum atomic E-state index is 0.705. The van der Waals surface area contributed by atoms with E-state index < -0.39 is 0 Å². The molecule has 4 heteroatoms. The normalized spacial score (nSPS) is 11.6. The van der Waals surface area contributed by atoms with Gasteiger partial charge >= 0.3 is 0 Å². The first-order valence-electron chi connectivity index (χ1n) is 20.7. The molecule has 0 amide bonds. The maximum atomic E-state index is 5.54. The fourth-order valence-electron chi connectivity index (χ4n) is 9.00. The second-order valence-corrected chi connectivity index (χ2v) is 15.6. The summed E-state index contributed by atoms with van der Waals surface area (Å²) in [7, 11) is 0. The molecule has 284 valence electrons. The van der Waals surface area contributed by atoms with Crippen LogP contribution in [0, 0.1) is 0 Å². The van der Waals surface area contributed by atoms with E-state index in [0.717, 1.165) is 83.5 Å². The SMILES string of the molecule is c1ccc(-c2nc(-c3ccc(-c4ccc5c(c4)c4ccc6c7ccccc7c(-c7ccccc7)nc6c4n5-c4ccccc4)cc3)cc(-c3ccc4ccccc4c3)n2)cc1. The Morgan fingerprint density at radius 3 is 1.67 bits per heavy atom. The summed E-state index contributed by atoms with van der Waals surface area (Å²) in [5.41, 5.74) is 13.6. The first kappa shape index (κ1) is 34.8. The van der Waals surface area contributed by atoms with Gasteiger partial charge in [-0.2, -0.15) is 0 Å². The highest BCUT2D eigenvalue weighted by atomic mass is 15.0. The molecule has 0 aliphatic rings. The molecule has 3 heterocycles. The minimum Gasteiger partial charge on any atom is -0.307 e. The number of nitrogens with zero attached hydrogens (tertiary/aromatic N) is 4. The Bertz CT molecular complexity index is 3610. The van der Waals surface area contributed by atoms with Gasteiger partial charge < -0.3 is 4.57 Å². The van der Waals surface area contributed by atoms with Crippen LogP contribution in [0.3, 0.4) is 0 Å². The van der Waals surface area contributed by atoms with Crippen molar-refractivity contribution >= 4 is 54.3 Å². The highest BCUT2D eigenvalue weighted by molar-refractivity contribution is 6.23. The molecule has 0 fully saturated rings. The van der Waals surface area contributed by atoms with Crippen LogP contribution in [0.15, 0.2) is 218 Å². The van der Waals surface area contributed by atoms with E-state index in [9.17, 15) is 0 Å². The Kier molecular flexibility index (Phi) is 8.13. The van der Waals surface area contributed by atoms with Crippen LogP contribution in [-0.4, -0.2) is 19.5 Å². The molecule has 3 aromatic heterocycles. The van der Waals surface area contributed by atoms with Crippen LogP contribution in [0.25, 0.3) is 116 Å². The lowest BCUT2D eigenvalue weighted by molar-refractivity contribution is 1.18. The van der Waals surface area contributed by atoms with Crippen molar-refractivity contribution in [2.45, 2.75) is 0 Å². The van der Waals surface area contributed by atoms with Gasteiger partial charge in [-0.3, -0.25) is 0 Å². The maximum Gasteiger partial charge on any atom is 0.160 e. The molecule has 0 saturated carbocycles. The molecule has 9 aromatic carbocycles. The summed E-state index contributed by atoms with van der Waals surface area (Å²) >= 11 is 0. The van der Waals surface area contributed by atoms with Gasteiger partial charge in [0.1, 0.15) is 0 Å². The van der Waals surface area contributed by atoms with Gasteiger partial charge in [-0.25, -0.2) is 15.0 Å². The van der Waals surface area contributed by atoms with E-state index in [0.29, 0.717) is 5.82 Å². The average molecular weight is 777 g/mol. The van der Waals surface area contributed by atoms with E-state index in [1.165, 1.54) is 26.9 Å². The second-order valence-electron chi connectivity index (χ2n) is 15.6. The first-order valence-corrected chi connectivity index (χ1v) is 20.7. The van der Waals surface area contributed by atoms with E-state index in [-0.39, 0.29) is 0 Å². The monoisotopic (exact) mass is 776 g/mol. The molecule has 0 N–H and O–H groups in total. The van der Waals surface area contributed by atoms with E-state index in [1.807, 2.05) is 18.2 Å². The highest BCUT2D eigenvalue weighted by Crippen LogP contribution is 2.41. The Labute approximate surface area is 352 Å². The van der Waals surface area contributed by atoms with E-state index in [2.05, 4.69) is 205 Å². The molecule has 0 radical (unpaired) electrons. The predicted octanol–water partition coefficient (Wildman–Crippen LogP) is 14.8. The lowest BCUT2D eigenvalue weighted by atomic mass is 9.98. The molecule has 0 bridgehead atoms. The van der Waals surface area contributed by atoms with Crippen LogP contribution in [0.5, 0.6) is 0 Å². The third-order valence-corrected chi connectivity index (χ3v) is 12.0. The fraction of sp³-hybridized carbons (Fsp3) is 0. The van der Waals surface area contributed by atoms with Crippen LogP contribution in [0.2, 0.25) is 0 Å². The molecule has 12 rings (SSSR count). The Hall–Kier alpha value is -8.21. The van der Waals surface area contributed by atoms with E-state index in [1.54, 1.807) is 0 Å². The number of para-hydroxylation sites is 1. The number of hydrogen-bond acceptors (Lipinski definition) is 3. The Morgan fingerprint density at radius 1 is 0.311 bits per heavy atom. The van der Waals surface area contributed by atoms with Crippen molar-refractivity contribution in [2.24, 2.45) is 0 Å². The van der Waals surface area contributed by atoms with Gasteiger partial charge in [0, 0.05) is 49.5 Å². The number of aromatic nitrogens is 4. The third-order valence-electron chi connectivity index (χ3n) is 12.0. The molecular formula is C57H36N4. The summed E-state index contributed by atoms with van der Waals surface area (Å²) in [6, 6.07) is 77.4. The predicted molar refractivity (Wildman–Crippen MR) is 254 cm³/mol. The standard InChI is InChI=1S/C57H36N4/c1-4-15-40(16-5-1)54-47-23-13-12-22-46(47)48-31-32-49-50-35-43(30-33-53(50)61(56(49)55(48)60-54)45-20-8-3-9-21-45)38-24-27-39(28-25-38)51-36-52(59-57(58-51)41-17-6-2-7-18-41)44-29-26-37-14-10-11-19-42(37)34-44/h1-36H. The summed E-state index contributed by atoms with van der Waals surface area (Å²) in [4.78, 5) is 15.7. The number of hydrogen-bond donors (Lipinski definition) is 0. The lowest BCUT2D eigenvalue weighted by Crippen LogP contribution is -1.96. The topological polar surface area (TPSA) is 43.6 Å². The van der Waals surface area contributed by atoms with Gasteiger partial charge in [0.2, 0.25) is 0 Å². The number of fused-ring (bicyclic) bond motifs is 8. The smallest absolute Gasteiger partial charge is 0.160 e. The molecular weight excluding hydrogens is 741 g/mol. The van der Waals surface area contributed by atoms with Gasteiger partial charge in [-0.15, -0.1) is 0 Å². The summed E-state index contributed by atoms with van der Waals surface area (Å²) in [6.07, 6.45) is 0. The number of rotatable bonds is 6. The molecule has 0 spiro atoms. The molecule has 0 aliphatic heterocycles. The van der Waals surface area contributed by atoms with Crippen molar-refractivity contribution in [3.8, 4) is 62.0 Å². The minimum absolute atomic E-state index is 0.705. The zero-order valence-electron chi connectivity index (χ0n) is 33.1. The summed E-state index contributed by atoms with van der Waals surface area (Å²) in [6.45, 7) is 0. The van der Waals surface area contributed by atoms with Crippen LogP contribution < -0.4 is 0 Å². The van der Waals surface area contributed by atoms with Gasteiger partial charge in [-0.05, 0) is 63.7 Å². The Morgan fingerprint density at radius 2 is 0.902 bits per heavy atom. The second kappa shape index (κ2) is 14.3. The largest absolute Gasteiger partial charge is 0.307 e. The van der Waals surface area contributed by atoms with Crippen molar-refractivity contribution in [3.05, 3.63) is 218 Å². The zero-order chi connectivity index (χ0) is 40.3. The fourth-order valence-corrected chi connectivity index (χ4v) is 9.00. The summed E-state index contributed by atoms with van der Waals surface area (Å²) in [5.74, 6) is 0.705. The van der Waals surface area contributed by atoms with E-state index in [4.69, 9.17) is 15.0 Å². The van der Waals surface area contributed by atoms with Crippen molar-refractivity contribution in [1.82, 2.24) is 19.5 Å². The van der Waals surface area contributed by atoms with Crippen LogP contribution in [0.4, 0.5) is 0 Å². The number of pyridine rings is 1. The maximum absolute atomic E-state index is 5.54. The quantitative estimate of drug-likeness (QED) is 0.158. The van der Waals surface area contributed by atoms with Crippen molar-refractivity contribution in [3.63, 3.8) is 0 Å². The van der Waals surface area contributed by atoms with Gasteiger partial charge in [0.05, 0.1) is 33.6 Å². The Balaban J connectivity index is 1.01. The zero-order valence-corrected chi connectivity index (χ0v) is 33.1. The molecule has 0 unspecified atom stereocenters. The van der Waals surface area contributed by atoms with Crippen LogP contribution in [-0.2, 0) is 0 Å².